The summed E-state index contributed by atoms with van der Waals surface area (Å²) in [5.74, 6) is -0.670. The molecule has 0 aromatic carbocycles. The third-order valence-electron chi connectivity index (χ3n) is 1.55. The highest BCUT2D eigenvalue weighted by Crippen LogP contribution is 2.22. The largest absolute Gasteiger partial charge is 0.389 e. The van der Waals surface area contributed by atoms with Gasteiger partial charge < -0.3 is 9.47 Å². The number of carbonyl (C=O) groups is 1. The van der Waals surface area contributed by atoms with Crippen LogP contribution in [0.3, 0.4) is 0 Å². The average molecular weight is 228 g/mol. The predicted molar refractivity (Wildman–Crippen MR) is 47.3 cm³/mol. The highest BCUT2D eigenvalue weighted by atomic mass is 19.4. The predicted octanol–water partition coefficient (Wildman–Crippen LogP) is 2.30. The number of hydrogen-bond donors (Lipinski definition) is 0. The van der Waals surface area contributed by atoms with Crippen LogP contribution in [0.15, 0.2) is 0 Å². The molecular formula is C9H15F3O3. The van der Waals surface area contributed by atoms with Crippen molar-refractivity contribution in [2.45, 2.75) is 39.2 Å². The first kappa shape index (κ1) is 14.4. The number of Topliss-reactive ketones (excluding diaryl/α,β-unsaturated/α-hetero) is 1. The maximum atomic E-state index is 11.8. The van der Waals surface area contributed by atoms with Crippen molar-refractivity contribution in [3.63, 3.8) is 0 Å². The molecule has 90 valence electrons. The molecule has 0 N–H and O–H groups in total. The minimum absolute atomic E-state index is 0.225. The van der Waals surface area contributed by atoms with Gasteiger partial charge in [0.25, 0.3) is 0 Å². The van der Waals surface area contributed by atoms with Crippen LogP contribution >= 0.6 is 0 Å². The molecule has 0 saturated heterocycles. The zero-order valence-electron chi connectivity index (χ0n) is 8.76. The van der Waals surface area contributed by atoms with Gasteiger partial charge >= 0.3 is 6.18 Å². The van der Waals surface area contributed by atoms with Gasteiger partial charge in [-0.1, -0.05) is 0 Å². The van der Waals surface area contributed by atoms with E-state index in [1.165, 1.54) is 0 Å². The highest BCUT2D eigenvalue weighted by Gasteiger charge is 2.30. The second-order valence-corrected chi connectivity index (χ2v) is 2.82. The molecule has 0 fully saturated rings. The van der Waals surface area contributed by atoms with E-state index in [2.05, 4.69) is 0 Å². The van der Waals surface area contributed by atoms with Crippen molar-refractivity contribution in [3.8, 4) is 0 Å². The van der Waals surface area contributed by atoms with Crippen molar-refractivity contribution in [2.24, 2.45) is 0 Å². The van der Waals surface area contributed by atoms with Crippen molar-refractivity contribution in [1.29, 1.82) is 0 Å². The van der Waals surface area contributed by atoms with Gasteiger partial charge in [-0.05, 0) is 13.8 Å². The lowest BCUT2D eigenvalue weighted by Gasteiger charge is -2.15. The quantitative estimate of drug-likeness (QED) is 0.627. The molecule has 0 aromatic rings. The van der Waals surface area contributed by atoms with E-state index in [4.69, 9.17) is 9.47 Å². The summed E-state index contributed by atoms with van der Waals surface area (Å²) in [6, 6.07) is 0. The van der Waals surface area contributed by atoms with Gasteiger partial charge in [0.2, 0.25) is 6.29 Å². The van der Waals surface area contributed by atoms with Gasteiger partial charge in [0.1, 0.15) is 0 Å². The van der Waals surface area contributed by atoms with E-state index >= 15 is 0 Å². The van der Waals surface area contributed by atoms with Crippen molar-refractivity contribution in [2.75, 3.05) is 13.2 Å². The van der Waals surface area contributed by atoms with Crippen LogP contribution in [0.25, 0.3) is 0 Å². The lowest BCUT2D eigenvalue weighted by Crippen LogP contribution is -2.28. The number of hydrogen-bond acceptors (Lipinski definition) is 3. The molecule has 0 aliphatic carbocycles. The summed E-state index contributed by atoms with van der Waals surface area (Å²) in [7, 11) is 0. The summed E-state index contributed by atoms with van der Waals surface area (Å²) in [6.07, 6.45) is -7.22. The van der Waals surface area contributed by atoms with E-state index in [1.54, 1.807) is 13.8 Å². The standard InChI is InChI=1S/C9H15F3O3/c1-3-14-8(15-4-2)7(13)5-6-9(10,11)12/h8H,3-6H2,1-2H3. The Morgan fingerprint density at radius 3 is 2.00 bits per heavy atom. The molecule has 0 radical (unpaired) electrons. The van der Waals surface area contributed by atoms with Crippen LogP contribution in [-0.4, -0.2) is 31.5 Å². The monoisotopic (exact) mass is 228 g/mol. The maximum Gasteiger partial charge on any atom is 0.389 e. The molecule has 6 heteroatoms. The summed E-state index contributed by atoms with van der Waals surface area (Å²) >= 11 is 0. The molecule has 0 aromatic heterocycles. The Kier molecular flexibility index (Phi) is 6.51. The van der Waals surface area contributed by atoms with Gasteiger partial charge in [-0.15, -0.1) is 0 Å². The van der Waals surface area contributed by atoms with Gasteiger partial charge in [0, 0.05) is 19.6 Å². The fourth-order valence-corrected chi connectivity index (χ4v) is 0.920. The summed E-state index contributed by atoms with van der Waals surface area (Å²) in [6.45, 7) is 3.73. The third-order valence-corrected chi connectivity index (χ3v) is 1.55. The smallest absolute Gasteiger partial charge is 0.346 e. The number of rotatable bonds is 7. The maximum absolute atomic E-state index is 11.8. The topological polar surface area (TPSA) is 35.5 Å². The fourth-order valence-electron chi connectivity index (χ4n) is 0.920. The lowest BCUT2D eigenvalue weighted by molar-refractivity contribution is -0.174. The van der Waals surface area contributed by atoms with Crippen molar-refractivity contribution in [3.05, 3.63) is 0 Å². The molecule has 0 heterocycles. The first-order chi connectivity index (χ1) is 6.90. The Morgan fingerprint density at radius 1 is 1.20 bits per heavy atom. The Labute approximate surface area is 86.5 Å². The lowest BCUT2D eigenvalue weighted by atomic mass is 10.2. The van der Waals surface area contributed by atoms with E-state index in [0.29, 0.717) is 0 Å². The Hall–Kier alpha value is -0.620. The summed E-state index contributed by atoms with van der Waals surface area (Å²) < 4.78 is 45.2. The minimum Gasteiger partial charge on any atom is -0.346 e. The minimum atomic E-state index is -4.32. The Balaban J connectivity index is 4.02. The third kappa shape index (κ3) is 7.33. The van der Waals surface area contributed by atoms with Crippen LogP contribution in [0.2, 0.25) is 0 Å². The summed E-state index contributed by atoms with van der Waals surface area (Å²) in [4.78, 5) is 11.2. The molecule has 0 rings (SSSR count). The first-order valence-electron chi connectivity index (χ1n) is 4.73. The van der Waals surface area contributed by atoms with Crippen LogP contribution in [0.4, 0.5) is 13.2 Å². The summed E-state index contributed by atoms with van der Waals surface area (Å²) in [5.41, 5.74) is 0. The van der Waals surface area contributed by atoms with E-state index in [9.17, 15) is 18.0 Å². The van der Waals surface area contributed by atoms with Gasteiger partial charge in [-0.3, -0.25) is 4.79 Å². The normalized spacial score (nSPS) is 12.1. The Morgan fingerprint density at radius 2 is 1.67 bits per heavy atom. The van der Waals surface area contributed by atoms with Gasteiger partial charge in [0.05, 0.1) is 6.42 Å². The number of carbonyl (C=O) groups excluding carboxylic acids is 1. The van der Waals surface area contributed by atoms with Gasteiger partial charge in [0.15, 0.2) is 5.78 Å². The molecule has 0 aliphatic heterocycles. The zero-order valence-corrected chi connectivity index (χ0v) is 8.76. The molecular weight excluding hydrogens is 213 g/mol. The molecule has 0 atom stereocenters. The number of halogens is 3. The number of ketones is 1. The van der Waals surface area contributed by atoms with Crippen molar-refractivity contribution in [1.82, 2.24) is 0 Å². The molecule has 0 spiro atoms. The zero-order chi connectivity index (χ0) is 11.9. The van der Waals surface area contributed by atoms with Crippen LogP contribution < -0.4 is 0 Å². The average Bonchev–Trinajstić information content (AvgIpc) is 2.13. The van der Waals surface area contributed by atoms with Gasteiger partial charge in [-0.25, -0.2) is 0 Å². The van der Waals surface area contributed by atoms with E-state index in [-0.39, 0.29) is 13.2 Å². The second-order valence-electron chi connectivity index (χ2n) is 2.82. The van der Waals surface area contributed by atoms with Crippen LogP contribution in [0, 0.1) is 0 Å². The second kappa shape index (κ2) is 6.79. The molecule has 15 heavy (non-hydrogen) atoms. The van der Waals surface area contributed by atoms with Crippen molar-refractivity contribution < 1.29 is 27.4 Å². The molecule has 0 aliphatic rings. The highest BCUT2D eigenvalue weighted by molar-refractivity contribution is 5.81. The molecule has 0 unspecified atom stereocenters. The molecule has 0 bridgehead atoms. The van der Waals surface area contributed by atoms with E-state index in [1.807, 2.05) is 0 Å². The van der Waals surface area contributed by atoms with E-state index < -0.39 is 31.1 Å². The number of alkyl halides is 3. The van der Waals surface area contributed by atoms with Crippen LogP contribution in [-0.2, 0) is 14.3 Å². The molecule has 0 amide bonds. The van der Waals surface area contributed by atoms with Gasteiger partial charge in [-0.2, -0.15) is 13.2 Å². The molecule has 0 saturated carbocycles. The Bertz CT molecular complexity index is 186. The first-order valence-corrected chi connectivity index (χ1v) is 4.73. The number of ether oxygens (including phenoxy) is 2. The van der Waals surface area contributed by atoms with E-state index in [0.717, 1.165) is 0 Å². The SMILES string of the molecule is CCOC(OCC)C(=O)CCC(F)(F)F. The fraction of sp³-hybridized carbons (Fsp3) is 0.889. The summed E-state index contributed by atoms with van der Waals surface area (Å²) in [5, 5.41) is 0. The van der Waals surface area contributed by atoms with Crippen LogP contribution in [0.5, 0.6) is 0 Å². The molecule has 3 nitrogen and oxygen atoms in total. The van der Waals surface area contributed by atoms with Crippen LogP contribution in [0.1, 0.15) is 26.7 Å². The van der Waals surface area contributed by atoms with Crippen molar-refractivity contribution >= 4 is 5.78 Å².